The number of aromatic nitrogens is 2. The van der Waals surface area contributed by atoms with E-state index in [9.17, 15) is 26.4 Å². The third-order valence-electron chi connectivity index (χ3n) is 6.71. The number of hydrogen-bond acceptors (Lipinski definition) is 6. The van der Waals surface area contributed by atoms with E-state index in [1.54, 1.807) is 0 Å². The normalized spacial score (nSPS) is 21.6. The molecule has 0 aromatic carbocycles. The standard InChI is InChI=1S/C23H29F3N4O3S/c1-16-12-20(17(2)30(16)19-6-11-34(32,33)15-19)21(31)14-28-7-3-8-29(10-9-28)22-5-4-18(13-27-22)23(24,25)26/h4-5,12-13,19H,3,6-11,14-15H2,1-2H3/t19-/m1/s1. The number of nitrogens with zero attached hydrogens (tertiary/aromatic N) is 4. The highest BCUT2D eigenvalue weighted by Crippen LogP contribution is 2.30. The third kappa shape index (κ3) is 5.30. The summed E-state index contributed by atoms with van der Waals surface area (Å²) in [6.07, 6.45) is -2.24. The zero-order chi connectivity index (χ0) is 24.7. The van der Waals surface area contributed by atoms with Crippen molar-refractivity contribution >= 4 is 21.4 Å². The molecule has 11 heteroatoms. The Balaban J connectivity index is 1.40. The molecule has 1 atom stereocenters. The highest BCUT2D eigenvalue weighted by Gasteiger charge is 2.32. The van der Waals surface area contributed by atoms with Crippen molar-refractivity contribution in [1.82, 2.24) is 14.5 Å². The minimum absolute atomic E-state index is 0.0127. The lowest BCUT2D eigenvalue weighted by Crippen LogP contribution is -2.34. The van der Waals surface area contributed by atoms with Gasteiger partial charge in [0.2, 0.25) is 0 Å². The van der Waals surface area contributed by atoms with Crippen molar-refractivity contribution in [2.75, 3.05) is 49.1 Å². The largest absolute Gasteiger partial charge is 0.417 e. The zero-order valence-electron chi connectivity index (χ0n) is 19.3. The first-order valence-electron chi connectivity index (χ1n) is 11.4. The van der Waals surface area contributed by atoms with Gasteiger partial charge in [0.15, 0.2) is 15.6 Å². The first-order valence-corrected chi connectivity index (χ1v) is 13.2. The molecular formula is C23H29F3N4O3S. The Morgan fingerprint density at radius 1 is 1.15 bits per heavy atom. The first-order chi connectivity index (χ1) is 15.9. The molecule has 2 aliphatic rings. The number of sulfone groups is 1. The summed E-state index contributed by atoms with van der Waals surface area (Å²) in [6.45, 7) is 6.50. The molecule has 0 unspecified atom stereocenters. The Hall–Kier alpha value is -2.40. The van der Waals surface area contributed by atoms with Gasteiger partial charge >= 0.3 is 6.18 Å². The third-order valence-corrected chi connectivity index (χ3v) is 8.46. The second-order valence-corrected chi connectivity index (χ2v) is 11.4. The SMILES string of the molecule is Cc1cc(C(=O)CN2CCCN(c3ccc(C(F)(F)F)cn3)CC2)c(C)n1[C@@H]1CCS(=O)(=O)C1. The number of aryl methyl sites for hydroxylation is 1. The molecule has 0 aliphatic carbocycles. The van der Waals surface area contributed by atoms with Gasteiger partial charge in [-0.1, -0.05) is 0 Å². The average Bonchev–Trinajstić information content (AvgIpc) is 3.15. The molecule has 7 nitrogen and oxygen atoms in total. The van der Waals surface area contributed by atoms with Crippen molar-refractivity contribution in [2.24, 2.45) is 0 Å². The second kappa shape index (κ2) is 9.33. The number of Topliss-reactive ketones (excluding diaryl/α,β-unsaturated/α-hetero) is 1. The van der Waals surface area contributed by atoms with Crippen LogP contribution in [0.3, 0.4) is 0 Å². The van der Waals surface area contributed by atoms with Crippen LogP contribution in [0.4, 0.5) is 19.0 Å². The van der Waals surface area contributed by atoms with Crippen LogP contribution < -0.4 is 4.90 Å². The lowest BCUT2D eigenvalue weighted by Gasteiger charge is -2.23. The maximum Gasteiger partial charge on any atom is 0.417 e. The van der Waals surface area contributed by atoms with E-state index in [4.69, 9.17) is 0 Å². The lowest BCUT2D eigenvalue weighted by atomic mass is 10.1. The number of rotatable bonds is 5. The van der Waals surface area contributed by atoms with Gasteiger partial charge in [0.25, 0.3) is 0 Å². The molecule has 2 saturated heterocycles. The number of carbonyl (C=O) groups excluding carboxylic acids is 1. The molecule has 2 aromatic rings. The van der Waals surface area contributed by atoms with Gasteiger partial charge in [-0.2, -0.15) is 13.2 Å². The van der Waals surface area contributed by atoms with E-state index in [-0.39, 0.29) is 29.9 Å². The van der Waals surface area contributed by atoms with Crippen LogP contribution in [-0.2, 0) is 16.0 Å². The van der Waals surface area contributed by atoms with E-state index in [0.717, 1.165) is 30.1 Å². The number of hydrogen-bond donors (Lipinski definition) is 0. The summed E-state index contributed by atoms with van der Waals surface area (Å²) in [5, 5.41) is 0. The quantitative estimate of drug-likeness (QED) is 0.589. The number of alkyl halides is 3. The minimum atomic E-state index is -4.41. The lowest BCUT2D eigenvalue weighted by molar-refractivity contribution is -0.137. The predicted octanol–water partition coefficient (Wildman–Crippen LogP) is 3.27. The molecule has 4 rings (SSSR count). The summed E-state index contributed by atoms with van der Waals surface area (Å²) in [5.74, 6) is 0.769. The van der Waals surface area contributed by atoms with Gasteiger partial charge in [0, 0.05) is 55.4 Å². The van der Waals surface area contributed by atoms with Crippen molar-refractivity contribution in [3.05, 3.63) is 46.9 Å². The van der Waals surface area contributed by atoms with Crippen molar-refractivity contribution in [2.45, 2.75) is 38.9 Å². The Kier molecular flexibility index (Phi) is 6.78. The Labute approximate surface area is 197 Å². The number of anilines is 1. The van der Waals surface area contributed by atoms with Crippen molar-refractivity contribution in [1.29, 1.82) is 0 Å². The van der Waals surface area contributed by atoms with Crippen LogP contribution in [0, 0.1) is 13.8 Å². The fourth-order valence-corrected chi connectivity index (χ4v) is 6.69. The fraction of sp³-hybridized carbons (Fsp3) is 0.565. The van der Waals surface area contributed by atoms with Gasteiger partial charge in [-0.25, -0.2) is 13.4 Å². The smallest absolute Gasteiger partial charge is 0.355 e. The van der Waals surface area contributed by atoms with Crippen LogP contribution in [0.15, 0.2) is 24.4 Å². The number of pyridine rings is 1. The molecule has 34 heavy (non-hydrogen) atoms. The van der Waals surface area contributed by atoms with Gasteiger partial charge in [0.05, 0.1) is 23.6 Å². The van der Waals surface area contributed by atoms with Crippen LogP contribution >= 0.6 is 0 Å². The summed E-state index contributed by atoms with van der Waals surface area (Å²) >= 11 is 0. The second-order valence-electron chi connectivity index (χ2n) is 9.15. The number of ketones is 1. The molecular weight excluding hydrogens is 469 g/mol. The van der Waals surface area contributed by atoms with Crippen molar-refractivity contribution in [3.8, 4) is 0 Å². The molecule has 0 saturated carbocycles. The Bertz CT molecular complexity index is 1160. The van der Waals surface area contributed by atoms with Crippen LogP contribution in [0.5, 0.6) is 0 Å². The highest BCUT2D eigenvalue weighted by molar-refractivity contribution is 7.91. The monoisotopic (exact) mass is 498 g/mol. The Morgan fingerprint density at radius 3 is 2.53 bits per heavy atom. The van der Waals surface area contributed by atoms with Gasteiger partial charge in [-0.15, -0.1) is 0 Å². The molecule has 0 N–H and O–H groups in total. The molecule has 2 aromatic heterocycles. The van der Waals surface area contributed by atoms with Crippen LogP contribution in [0.2, 0.25) is 0 Å². The summed E-state index contributed by atoms with van der Waals surface area (Å²) in [4.78, 5) is 21.1. The predicted molar refractivity (Wildman–Crippen MR) is 123 cm³/mol. The van der Waals surface area contributed by atoms with Crippen LogP contribution in [-0.4, -0.2) is 72.9 Å². The number of carbonyl (C=O) groups is 1. The fourth-order valence-electron chi connectivity index (χ4n) is 4.99. The van der Waals surface area contributed by atoms with Crippen LogP contribution in [0.1, 0.15) is 46.2 Å². The molecule has 0 radical (unpaired) electrons. The minimum Gasteiger partial charge on any atom is -0.355 e. The van der Waals surface area contributed by atoms with Crippen molar-refractivity contribution < 1.29 is 26.4 Å². The summed E-state index contributed by atoms with van der Waals surface area (Å²) in [6, 6.07) is 4.15. The first kappa shape index (κ1) is 24.7. The van der Waals surface area contributed by atoms with E-state index in [0.29, 0.717) is 44.0 Å². The topological polar surface area (TPSA) is 75.5 Å². The maximum absolute atomic E-state index is 13.1. The summed E-state index contributed by atoms with van der Waals surface area (Å²) in [5.41, 5.74) is 1.53. The molecule has 186 valence electrons. The van der Waals surface area contributed by atoms with E-state index in [1.807, 2.05) is 29.4 Å². The highest BCUT2D eigenvalue weighted by atomic mass is 32.2. The van der Waals surface area contributed by atoms with Gasteiger partial charge in [-0.3, -0.25) is 9.69 Å². The van der Waals surface area contributed by atoms with E-state index in [1.165, 1.54) is 6.07 Å². The van der Waals surface area contributed by atoms with Gasteiger partial charge in [0.1, 0.15) is 5.82 Å². The molecule has 4 heterocycles. The van der Waals surface area contributed by atoms with E-state index < -0.39 is 21.6 Å². The molecule has 0 bridgehead atoms. The van der Waals surface area contributed by atoms with Crippen molar-refractivity contribution in [3.63, 3.8) is 0 Å². The molecule has 0 amide bonds. The van der Waals surface area contributed by atoms with E-state index >= 15 is 0 Å². The zero-order valence-corrected chi connectivity index (χ0v) is 20.1. The number of halogens is 3. The maximum atomic E-state index is 13.1. The molecule has 2 fully saturated rings. The van der Waals surface area contributed by atoms with Gasteiger partial charge < -0.3 is 9.47 Å². The molecule has 0 spiro atoms. The van der Waals surface area contributed by atoms with Gasteiger partial charge in [-0.05, 0) is 44.9 Å². The summed E-state index contributed by atoms with van der Waals surface area (Å²) < 4.78 is 64.2. The molecule has 2 aliphatic heterocycles. The van der Waals surface area contributed by atoms with Crippen LogP contribution in [0.25, 0.3) is 0 Å². The Morgan fingerprint density at radius 2 is 1.91 bits per heavy atom. The summed E-state index contributed by atoms with van der Waals surface area (Å²) in [7, 11) is -3.03. The average molecular weight is 499 g/mol. The van der Waals surface area contributed by atoms with E-state index in [2.05, 4.69) is 9.88 Å².